The Bertz CT molecular complexity index is 506. The van der Waals surface area contributed by atoms with E-state index in [0.717, 1.165) is 0 Å². The summed E-state index contributed by atoms with van der Waals surface area (Å²) in [6.07, 6.45) is 1.20. The summed E-state index contributed by atoms with van der Waals surface area (Å²) in [5.74, 6) is -0.961. The van der Waals surface area contributed by atoms with Crippen molar-refractivity contribution in [2.24, 2.45) is 0 Å². The van der Waals surface area contributed by atoms with Crippen molar-refractivity contribution >= 4 is 28.9 Å². The molecule has 1 heterocycles. The quantitative estimate of drug-likeness (QED) is 0.673. The number of carboxylic acid groups (broad SMARTS) is 1. The highest BCUT2D eigenvalue weighted by Gasteiger charge is 2.34. The lowest BCUT2D eigenvalue weighted by Gasteiger charge is -2.23. The molecule has 18 heavy (non-hydrogen) atoms. The summed E-state index contributed by atoms with van der Waals surface area (Å²) in [6.45, 7) is 0.499. The number of nitro benzene ring substituents is 1. The van der Waals surface area contributed by atoms with E-state index in [2.05, 4.69) is 0 Å². The summed E-state index contributed by atoms with van der Waals surface area (Å²) in [6, 6.07) is 3.57. The van der Waals surface area contributed by atoms with Crippen molar-refractivity contribution in [2.75, 3.05) is 11.4 Å². The van der Waals surface area contributed by atoms with Crippen LogP contribution >= 0.6 is 11.6 Å². The van der Waals surface area contributed by atoms with Crippen molar-refractivity contribution in [3.8, 4) is 0 Å². The van der Waals surface area contributed by atoms with Crippen molar-refractivity contribution in [3.63, 3.8) is 0 Å². The molecule has 1 fully saturated rings. The van der Waals surface area contributed by atoms with Gasteiger partial charge in [0.2, 0.25) is 0 Å². The van der Waals surface area contributed by atoms with E-state index in [1.807, 2.05) is 0 Å². The maximum Gasteiger partial charge on any atom is 0.326 e. The number of halogens is 1. The molecule has 0 unspecified atom stereocenters. The average Bonchev–Trinajstić information content (AvgIpc) is 2.77. The van der Waals surface area contributed by atoms with Crippen LogP contribution in [0.25, 0.3) is 0 Å². The Labute approximate surface area is 108 Å². The highest BCUT2D eigenvalue weighted by atomic mass is 35.5. The molecule has 2 rings (SSSR count). The highest BCUT2D eigenvalue weighted by Crippen LogP contribution is 2.35. The van der Waals surface area contributed by atoms with Gasteiger partial charge in [-0.1, -0.05) is 11.6 Å². The van der Waals surface area contributed by atoms with Crippen molar-refractivity contribution < 1.29 is 14.8 Å². The predicted octanol–water partition coefficient (Wildman–Crippen LogP) is 2.30. The van der Waals surface area contributed by atoms with Gasteiger partial charge in [0.1, 0.15) is 11.7 Å². The molecule has 1 aromatic carbocycles. The third-order valence-electron chi connectivity index (χ3n) is 2.98. The van der Waals surface area contributed by atoms with Gasteiger partial charge < -0.3 is 10.0 Å². The summed E-state index contributed by atoms with van der Waals surface area (Å²) in [4.78, 5) is 23.1. The molecule has 7 heteroatoms. The van der Waals surface area contributed by atoms with Crippen LogP contribution in [0, 0.1) is 10.1 Å². The molecule has 0 saturated carbocycles. The molecule has 0 bridgehead atoms. The zero-order chi connectivity index (χ0) is 13.3. The van der Waals surface area contributed by atoms with Crippen LogP contribution in [-0.4, -0.2) is 28.6 Å². The Kier molecular flexibility index (Phi) is 3.38. The van der Waals surface area contributed by atoms with Crippen LogP contribution in [0.5, 0.6) is 0 Å². The van der Waals surface area contributed by atoms with Gasteiger partial charge in [-0.2, -0.15) is 0 Å². The lowest BCUT2D eigenvalue weighted by atomic mass is 10.2. The molecule has 0 spiro atoms. The summed E-state index contributed by atoms with van der Waals surface area (Å²) in [7, 11) is 0. The van der Waals surface area contributed by atoms with Gasteiger partial charge in [0.15, 0.2) is 0 Å². The fraction of sp³-hybridized carbons (Fsp3) is 0.364. The van der Waals surface area contributed by atoms with Gasteiger partial charge in [-0.3, -0.25) is 10.1 Å². The molecule has 6 nitrogen and oxygen atoms in total. The number of aliphatic carboxylic acids is 1. The third kappa shape index (κ3) is 2.24. The van der Waals surface area contributed by atoms with E-state index in [1.165, 1.54) is 18.2 Å². The molecule has 1 N–H and O–H groups in total. The lowest BCUT2D eigenvalue weighted by molar-refractivity contribution is -0.384. The molecule has 1 atom stereocenters. The van der Waals surface area contributed by atoms with E-state index in [0.29, 0.717) is 25.1 Å². The number of hydrogen-bond acceptors (Lipinski definition) is 4. The predicted molar refractivity (Wildman–Crippen MR) is 66.1 cm³/mol. The van der Waals surface area contributed by atoms with Crippen molar-refractivity contribution in [3.05, 3.63) is 33.3 Å². The molecule has 1 aliphatic rings. The minimum atomic E-state index is -0.961. The van der Waals surface area contributed by atoms with E-state index < -0.39 is 16.9 Å². The Balaban J connectivity index is 2.44. The zero-order valence-corrected chi connectivity index (χ0v) is 10.1. The van der Waals surface area contributed by atoms with Gasteiger partial charge in [0.05, 0.1) is 4.92 Å². The molecule has 1 aliphatic heterocycles. The Morgan fingerprint density at radius 3 is 2.89 bits per heavy atom. The number of anilines is 1. The minimum absolute atomic E-state index is 0.157. The van der Waals surface area contributed by atoms with Gasteiger partial charge in [0, 0.05) is 17.6 Å². The first-order valence-electron chi connectivity index (χ1n) is 5.44. The maximum atomic E-state index is 11.1. The number of hydrogen-bond donors (Lipinski definition) is 1. The largest absolute Gasteiger partial charge is 0.480 e. The second-order valence-corrected chi connectivity index (χ2v) is 4.52. The number of carboxylic acids is 1. The van der Waals surface area contributed by atoms with Gasteiger partial charge >= 0.3 is 5.97 Å². The Morgan fingerprint density at radius 1 is 1.56 bits per heavy atom. The van der Waals surface area contributed by atoms with Gasteiger partial charge in [-0.05, 0) is 25.0 Å². The van der Waals surface area contributed by atoms with Crippen LogP contribution < -0.4 is 4.90 Å². The van der Waals surface area contributed by atoms with Gasteiger partial charge in [0.25, 0.3) is 5.69 Å². The van der Waals surface area contributed by atoms with Gasteiger partial charge in [-0.25, -0.2) is 4.79 Å². The minimum Gasteiger partial charge on any atom is -0.480 e. The van der Waals surface area contributed by atoms with Crippen LogP contribution in [0.3, 0.4) is 0 Å². The number of nitro groups is 1. The fourth-order valence-corrected chi connectivity index (χ4v) is 2.36. The summed E-state index contributed by atoms with van der Waals surface area (Å²) in [5.41, 5.74) is 0.157. The van der Waals surface area contributed by atoms with E-state index in [9.17, 15) is 14.9 Å². The summed E-state index contributed by atoms with van der Waals surface area (Å²) >= 11 is 5.73. The van der Waals surface area contributed by atoms with Crippen molar-refractivity contribution in [1.82, 2.24) is 0 Å². The highest BCUT2D eigenvalue weighted by molar-refractivity contribution is 6.30. The first-order valence-corrected chi connectivity index (χ1v) is 5.82. The van der Waals surface area contributed by atoms with E-state index in [1.54, 1.807) is 4.90 Å². The maximum absolute atomic E-state index is 11.1. The van der Waals surface area contributed by atoms with Crippen molar-refractivity contribution in [2.45, 2.75) is 18.9 Å². The monoisotopic (exact) mass is 270 g/mol. The smallest absolute Gasteiger partial charge is 0.326 e. The van der Waals surface area contributed by atoms with Crippen LogP contribution in [0.2, 0.25) is 5.02 Å². The fourth-order valence-electron chi connectivity index (χ4n) is 2.20. The summed E-state index contributed by atoms with van der Waals surface area (Å²) in [5, 5.41) is 20.3. The van der Waals surface area contributed by atoms with Crippen LogP contribution in [-0.2, 0) is 4.79 Å². The number of rotatable bonds is 3. The molecule has 1 saturated heterocycles. The second-order valence-electron chi connectivity index (χ2n) is 4.08. The molecular weight excluding hydrogens is 260 g/mol. The molecule has 1 aromatic rings. The van der Waals surface area contributed by atoms with Crippen molar-refractivity contribution in [1.29, 1.82) is 0 Å². The number of benzene rings is 1. The van der Waals surface area contributed by atoms with Gasteiger partial charge in [-0.15, -0.1) is 0 Å². The van der Waals surface area contributed by atoms with E-state index in [-0.39, 0.29) is 10.7 Å². The second kappa shape index (κ2) is 4.81. The molecule has 0 aromatic heterocycles. The molecule has 0 amide bonds. The lowest BCUT2D eigenvalue weighted by Crippen LogP contribution is -2.36. The topological polar surface area (TPSA) is 83.7 Å². The molecule has 96 valence electrons. The Morgan fingerprint density at radius 2 is 2.28 bits per heavy atom. The zero-order valence-electron chi connectivity index (χ0n) is 9.38. The first kappa shape index (κ1) is 12.6. The standard InChI is InChI=1S/C11H11ClN2O4/c12-7-3-4-8(10(6-7)14(17)18)13-5-1-2-9(13)11(15)16/h3-4,6,9H,1-2,5H2,(H,15,16)/t9-/m1/s1. The number of carbonyl (C=O) groups is 1. The normalized spacial score (nSPS) is 18.9. The van der Waals surface area contributed by atoms with E-state index in [4.69, 9.17) is 16.7 Å². The SMILES string of the molecule is O=C(O)[C@H]1CCCN1c1ccc(Cl)cc1[N+](=O)[O-]. The van der Waals surface area contributed by atoms with Crippen LogP contribution in [0.15, 0.2) is 18.2 Å². The molecule has 0 radical (unpaired) electrons. The molecular formula is C11H11ClN2O4. The third-order valence-corrected chi connectivity index (χ3v) is 3.22. The first-order chi connectivity index (χ1) is 8.50. The molecule has 0 aliphatic carbocycles. The van der Waals surface area contributed by atoms with Crippen LogP contribution in [0.1, 0.15) is 12.8 Å². The average molecular weight is 271 g/mol. The summed E-state index contributed by atoms with van der Waals surface area (Å²) < 4.78 is 0. The van der Waals surface area contributed by atoms with E-state index >= 15 is 0 Å². The van der Waals surface area contributed by atoms with Crippen LogP contribution in [0.4, 0.5) is 11.4 Å². The number of nitrogens with zero attached hydrogens (tertiary/aromatic N) is 2. The Hall–Kier alpha value is -1.82.